The molecule has 0 atom stereocenters. The van der Waals surface area contributed by atoms with Crippen molar-refractivity contribution in [2.45, 2.75) is 38.8 Å². The zero-order chi connectivity index (χ0) is 10.7. The highest BCUT2D eigenvalue weighted by Gasteiger charge is 2.31. The van der Waals surface area contributed by atoms with E-state index in [2.05, 4.69) is 22.1 Å². The van der Waals surface area contributed by atoms with Crippen LogP contribution in [0, 0.1) is 0 Å². The fraction of sp³-hybridized carbons (Fsp3) is 0.727. The van der Waals surface area contributed by atoms with Crippen LogP contribution in [-0.4, -0.2) is 24.6 Å². The summed E-state index contributed by atoms with van der Waals surface area (Å²) in [4.78, 5) is 6.77. The standard InChI is InChI=1S/C11H19N3O/c1-3-6-14(10-4-5-10)11-13-9(7-12-2)8-15-11/h8,10,12H,3-7H2,1-2H3. The van der Waals surface area contributed by atoms with Gasteiger partial charge in [-0.15, -0.1) is 0 Å². The molecule has 1 aliphatic rings. The van der Waals surface area contributed by atoms with E-state index < -0.39 is 0 Å². The lowest BCUT2D eigenvalue weighted by Gasteiger charge is -2.18. The van der Waals surface area contributed by atoms with Gasteiger partial charge >= 0.3 is 0 Å². The van der Waals surface area contributed by atoms with Crippen LogP contribution in [0.5, 0.6) is 0 Å². The molecule has 1 fully saturated rings. The molecule has 1 aliphatic carbocycles. The molecule has 0 aromatic carbocycles. The molecule has 0 bridgehead atoms. The summed E-state index contributed by atoms with van der Waals surface area (Å²) in [7, 11) is 1.92. The Kier molecular flexibility index (Phi) is 3.26. The Bertz CT molecular complexity index is 307. The Morgan fingerprint density at radius 3 is 3.00 bits per heavy atom. The Morgan fingerprint density at radius 1 is 1.60 bits per heavy atom. The second-order valence-corrected chi connectivity index (χ2v) is 4.08. The zero-order valence-electron chi connectivity index (χ0n) is 9.49. The minimum atomic E-state index is 0.672. The normalized spacial score (nSPS) is 15.6. The lowest BCUT2D eigenvalue weighted by molar-refractivity contribution is 0.527. The number of anilines is 1. The molecule has 0 aliphatic heterocycles. The van der Waals surface area contributed by atoms with Crippen molar-refractivity contribution >= 4 is 6.01 Å². The van der Waals surface area contributed by atoms with Crippen molar-refractivity contribution in [3.05, 3.63) is 12.0 Å². The first-order valence-electron chi connectivity index (χ1n) is 5.70. The topological polar surface area (TPSA) is 41.3 Å². The molecule has 15 heavy (non-hydrogen) atoms. The van der Waals surface area contributed by atoms with Gasteiger partial charge in [0.2, 0.25) is 0 Å². The highest BCUT2D eigenvalue weighted by Crippen LogP contribution is 2.31. The van der Waals surface area contributed by atoms with Gasteiger partial charge in [-0.3, -0.25) is 0 Å². The first kappa shape index (κ1) is 10.5. The molecular formula is C11H19N3O. The van der Waals surface area contributed by atoms with E-state index in [0.29, 0.717) is 6.04 Å². The maximum atomic E-state index is 5.51. The highest BCUT2D eigenvalue weighted by molar-refractivity contribution is 5.31. The Balaban J connectivity index is 2.04. The van der Waals surface area contributed by atoms with E-state index in [1.807, 2.05) is 7.05 Å². The van der Waals surface area contributed by atoms with Crippen molar-refractivity contribution in [2.24, 2.45) is 0 Å². The molecule has 0 unspecified atom stereocenters. The third-order valence-corrected chi connectivity index (χ3v) is 2.60. The maximum Gasteiger partial charge on any atom is 0.297 e. The summed E-state index contributed by atoms with van der Waals surface area (Å²) < 4.78 is 5.51. The van der Waals surface area contributed by atoms with Gasteiger partial charge in [-0.1, -0.05) is 6.92 Å². The van der Waals surface area contributed by atoms with Crippen molar-refractivity contribution in [1.82, 2.24) is 10.3 Å². The number of rotatable bonds is 6. The van der Waals surface area contributed by atoms with Crippen LogP contribution in [0.1, 0.15) is 31.9 Å². The molecule has 0 saturated heterocycles. The lowest BCUT2D eigenvalue weighted by atomic mass is 10.4. The average molecular weight is 209 g/mol. The third-order valence-electron chi connectivity index (χ3n) is 2.60. The number of aromatic nitrogens is 1. The minimum Gasteiger partial charge on any atom is -0.432 e. The van der Waals surface area contributed by atoms with E-state index >= 15 is 0 Å². The number of hydrogen-bond donors (Lipinski definition) is 1. The van der Waals surface area contributed by atoms with Crippen LogP contribution in [-0.2, 0) is 6.54 Å². The van der Waals surface area contributed by atoms with E-state index in [4.69, 9.17) is 4.42 Å². The quantitative estimate of drug-likeness (QED) is 0.775. The average Bonchev–Trinajstić information content (AvgIpc) is 2.96. The van der Waals surface area contributed by atoms with Crippen molar-refractivity contribution in [3.63, 3.8) is 0 Å². The van der Waals surface area contributed by atoms with Gasteiger partial charge in [0.25, 0.3) is 6.01 Å². The van der Waals surface area contributed by atoms with E-state index in [9.17, 15) is 0 Å². The molecule has 2 rings (SSSR count). The van der Waals surface area contributed by atoms with Gasteiger partial charge in [0, 0.05) is 19.1 Å². The van der Waals surface area contributed by atoms with Gasteiger partial charge in [0.1, 0.15) is 6.26 Å². The molecule has 0 radical (unpaired) electrons. The van der Waals surface area contributed by atoms with Crippen LogP contribution in [0.3, 0.4) is 0 Å². The smallest absolute Gasteiger partial charge is 0.297 e. The SMILES string of the molecule is CCCN(c1nc(CNC)co1)C1CC1. The van der Waals surface area contributed by atoms with Crippen molar-refractivity contribution in [1.29, 1.82) is 0 Å². The maximum absolute atomic E-state index is 5.51. The lowest BCUT2D eigenvalue weighted by Crippen LogP contribution is -2.26. The van der Waals surface area contributed by atoms with Gasteiger partial charge < -0.3 is 14.6 Å². The van der Waals surface area contributed by atoms with Gasteiger partial charge in [0.05, 0.1) is 5.69 Å². The van der Waals surface area contributed by atoms with Crippen LogP contribution < -0.4 is 10.2 Å². The van der Waals surface area contributed by atoms with Crippen LogP contribution in [0.2, 0.25) is 0 Å². The van der Waals surface area contributed by atoms with E-state index in [1.165, 1.54) is 12.8 Å². The minimum absolute atomic E-state index is 0.672. The predicted octanol–water partition coefficient (Wildman–Crippen LogP) is 1.77. The summed E-state index contributed by atoms with van der Waals surface area (Å²) in [6.45, 7) is 4.01. The van der Waals surface area contributed by atoms with Crippen molar-refractivity contribution in [2.75, 3.05) is 18.5 Å². The number of nitrogens with zero attached hydrogens (tertiary/aromatic N) is 2. The van der Waals surface area contributed by atoms with E-state index in [0.717, 1.165) is 31.2 Å². The summed E-state index contributed by atoms with van der Waals surface area (Å²) in [5.41, 5.74) is 0.981. The first-order chi connectivity index (χ1) is 7.35. The number of nitrogens with one attached hydrogen (secondary N) is 1. The Morgan fingerprint density at radius 2 is 2.40 bits per heavy atom. The van der Waals surface area contributed by atoms with Crippen LogP contribution >= 0.6 is 0 Å². The van der Waals surface area contributed by atoms with Crippen molar-refractivity contribution < 1.29 is 4.42 Å². The molecule has 4 nitrogen and oxygen atoms in total. The first-order valence-corrected chi connectivity index (χ1v) is 5.70. The predicted molar refractivity (Wildman–Crippen MR) is 59.9 cm³/mol. The summed E-state index contributed by atoms with van der Waals surface area (Å²) in [5, 5.41) is 3.07. The monoisotopic (exact) mass is 209 g/mol. The Hall–Kier alpha value is -1.03. The van der Waals surface area contributed by atoms with Crippen LogP contribution in [0.4, 0.5) is 6.01 Å². The van der Waals surface area contributed by atoms with E-state index in [-0.39, 0.29) is 0 Å². The molecule has 1 aromatic heterocycles. The number of oxazole rings is 1. The zero-order valence-corrected chi connectivity index (χ0v) is 9.49. The second kappa shape index (κ2) is 4.66. The molecule has 1 N–H and O–H groups in total. The molecular weight excluding hydrogens is 190 g/mol. The fourth-order valence-corrected chi connectivity index (χ4v) is 1.75. The largest absolute Gasteiger partial charge is 0.432 e. The molecule has 1 aromatic rings. The van der Waals surface area contributed by atoms with Crippen LogP contribution in [0.25, 0.3) is 0 Å². The molecule has 1 saturated carbocycles. The number of hydrogen-bond acceptors (Lipinski definition) is 4. The Labute approximate surface area is 90.7 Å². The third kappa shape index (κ3) is 2.50. The van der Waals surface area contributed by atoms with E-state index in [1.54, 1.807) is 6.26 Å². The van der Waals surface area contributed by atoms with Gasteiger partial charge in [0.15, 0.2) is 0 Å². The highest BCUT2D eigenvalue weighted by atomic mass is 16.4. The fourth-order valence-electron chi connectivity index (χ4n) is 1.75. The molecule has 84 valence electrons. The van der Waals surface area contributed by atoms with Crippen molar-refractivity contribution in [3.8, 4) is 0 Å². The summed E-state index contributed by atoms with van der Waals surface area (Å²) in [5.74, 6) is 0. The molecule has 1 heterocycles. The molecule has 0 amide bonds. The van der Waals surface area contributed by atoms with Gasteiger partial charge in [-0.05, 0) is 26.3 Å². The van der Waals surface area contributed by atoms with Gasteiger partial charge in [-0.2, -0.15) is 4.98 Å². The van der Waals surface area contributed by atoms with Crippen LogP contribution in [0.15, 0.2) is 10.7 Å². The molecule has 4 heteroatoms. The summed E-state index contributed by atoms with van der Waals surface area (Å²) in [6.07, 6.45) is 5.45. The summed E-state index contributed by atoms with van der Waals surface area (Å²) >= 11 is 0. The van der Waals surface area contributed by atoms with Gasteiger partial charge in [-0.25, -0.2) is 0 Å². The second-order valence-electron chi connectivity index (χ2n) is 4.08. The summed E-state index contributed by atoms with van der Waals surface area (Å²) in [6, 6.07) is 1.47. The molecule has 0 spiro atoms.